The predicted octanol–water partition coefficient (Wildman–Crippen LogP) is 2.70. The number of nitrogens with zero attached hydrogens (tertiary/aromatic N) is 3. The summed E-state index contributed by atoms with van der Waals surface area (Å²) in [4.78, 5) is 12.5. The standard InChI is InChI=1S/C9H19N3OS2/c1-4-7-12(10-13)8-15-9(14)11(5-2)6-3/h4-8H2,1-3H3. The average molecular weight is 249 g/mol. The Kier molecular flexibility index (Phi) is 8.70. The molecule has 0 atom stereocenters. The predicted molar refractivity (Wildman–Crippen MR) is 70.8 cm³/mol. The van der Waals surface area contributed by atoms with Crippen molar-refractivity contribution in [3.05, 3.63) is 4.91 Å². The van der Waals surface area contributed by atoms with Crippen molar-refractivity contribution in [2.24, 2.45) is 5.29 Å². The monoisotopic (exact) mass is 249 g/mol. The minimum Gasteiger partial charge on any atom is -0.358 e. The van der Waals surface area contributed by atoms with Crippen molar-refractivity contribution in [2.75, 3.05) is 25.5 Å². The molecule has 4 nitrogen and oxygen atoms in total. The fourth-order valence-corrected chi connectivity index (χ4v) is 2.38. The number of rotatable bonds is 7. The van der Waals surface area contributed by atoms with Crippen molar-refractivity contribution in [2.45, 2.75) is 27.2 Å². The summed E-state index contributed by atoms with van der Waals surface area (Å²) in [6.07, 6.45) is 0.921. The van der Waals surface area contributed by atoms with E-state index in [0.717, 1.165) is 23.8 Å². The molecule has 6 heteroatoms. The molecule has 0 heterocycles. The summed E-state index contributed by atoms with van der Waals surface area (Å²) in [5.41, 5.74) is 0. The zero-order chi connectivity index (χ0) is 11.7. The first-order chi connectivity index (χ1) is 7.19. The lowest BCUT2D eigenvalue weighted by atomic mass is 10.5. The Labute approximate surface area is 101 Å². The number of nitroso groups, excluding NO2 is 1. The summed E-state index contributed by atoms with van der Waals surface area (Å²) in [6.45, 7) is 8.66. The summed E-state index contributed by atoms with van der Waals surface area (Å²) in [7, 11) is 0. The number of hydrogen-bond donors (Lipinski definition) is 0. The van der Waals surface area contributed by atoms with Gasteiger partial charge in [0.25, 0.3) is 0 Å². The van der Waals surface area contributed by atoms with Crippen molar-refractivity contribution in [3.63, 3.8) is 0 Å². The second-order valence-corrected chi connectivity index (χ2v) is 4.60. The molecule has 0 spiro atoms. The third-order valence-electron chi connectivity index (χ3n) is 1.96. The molecular formula is C9H19N3OS2. The maximum Gasteiger partial charge on any atom is 0.138 e. The van der Waals surface area contributed by atoms with Crippen LogP contribution in [0, 0.1) is 4.91 Å². The molecule has 0 aliphatic carbocycles. The maximum atomic E-state index is 10.4. The van der Waals surface area contributed by atoms with E-state index in [-0.39, 0.29) is 0 Å². The molecule has 0 rings (SSSR count). The highest BCUT2D eigenvalue weighted by atomic mass is 32.2. The molecule has 0 saturated heterocycles. The minimum absolute atomic E-state index is 0.548. The van der Waals surface area contributed by atoms with E-state index in [9.17, 15) is 4.91 Å². The quantitative estimate of drug-likeness (QED) is 0.300. The molecule has 0 unspecified atom stereocenters. The van der Waals surface area contributed by atoms with Gasteiger partial charge in [0.1, 0.15) is 4.32 Å². The van der Waals surface area contributed by atoms with E-state index in [4.69, 9.17) is 12.2 Å². The normalized spacial score (nSPS) is 9.80. The van der Waals surface area contributed by atoms with Crippen molar-refractivity contribution in [3.8, 4) is 0 Å². The van der Waals surface area contributed by atoms with E-state index < -0.39 is 0 Å². The Morgan fingerprint density at radius 1 is 1.33 bits per heavy atom. The van der Waals surface area contributed by atoms with Crippen LogP contribution < -0.4 is 0 Å². The first-order valence-electron chi connectivity index (χ1n) is 5.19. The lowest BCUT2D eigenvalue weighted by Crippen LogP contribution is -2.28. The molecule has 0 aromatic carbocycles. The molecule has 0 aliphatic rings. The number of hydrogen-bond acceptors (Lipinski definition) is 4. The summed E-state index contributed by atoms with van der Waals surface area (Å²) in [5, 5.41) is 4.45. The van der Waals surface area contributed by atoms with E-state index >= 15 is 0 Å². The van der Waals surface area contributed by atoms with E-state index in [1.54, 1.807) is 0 Å². The van der Waals surface area contributed by atoms with Gasteiger partial charge in [-0.05, 0) is 20.3 Å². The van der Waals surface area contributed by atoms with Crippen LogP contribution in [0.5, 0.6) is 0 Å². The Morgan fingerprint density at radius 3 is 2.33 bits per heavy atom. The molecule has 0 aromatic rings. The van der Waals surface area contributed by atoms with E-state index in [1.807, 2.05) is 6.92 Å². The Hall–Kier alpha value is -0.360. The third-order valence-corrected chi connectivity index (χ3v) is 3.50. The van der Waals surface area contributed by atoms with Crippen LogP contribution in [0.25, 0.3) is 0 Å². The molecule has 0 aromatic heterocycles. The molecule has 15 heavy (non-hydrogen) atoms. The molecule has 0 N–H and O–H groups in total. The minimum atomic E-state index is 0.548. The van der Waals surface area contributed by atoms with Gasteiger partial charge in [0.15, 0.2) is 0 Å². The topological polar surface area (TPSA) is 35.9 Å². The van der Waals surface area contributed by atoms with Crippen molar-refractivity contribution in [1.82, 2.24) is 9.91 Å². The van der Waals surface area contributed by atoms with Gasteiger partial charge in [-0.15, -0.1) is 4.91 Å². The largest absolute Gasteiger partial charge is 0.358 e. The van der Waals surface area contributed by atoms with Gasteiger partial charge >= 0.3 is 0 Å². The molecular weight excluding hydrogens is 230 g/mol. The summed E-state index contributed by atoms with van der Waals surface area (Å²) in [5.74, 6) is 0.548. The van der Waals surface area contributed by atoms with Crippen LogP contribution in [0.3, 0.4) is 0 Å². The highest BCUT2D eigenvalue weighted by Crippen LogP contribution is 2.11. The molecule has 0 bridgehead atoms. The first-order valence-corrected chi connectivity index (χ1v) is 6.58. The van der Waals surface area contributed by atoms with Gasteiger partial charge in [0.05, 0.1) is 11.2 Å². The zero-order valence-electron chi connectivity index (χ0n) is 9.60. The van der Waals surface area contributed by atoms with E-state index in [2.05, 4.69) is 24.0 Å². The van der Waals surface area contributed by atoms with Crippen LogP contribution in [0.2, 0.25) is 0 Å². The van der Waals surface area contributed by atoms with Crippen molar-refractivity contribution in [1.29, 1.82) is 0 Å². The summed E-state index contributed by atoms with van der Waals surface area (Å²) in [6, 6.07) is 0. The third kappa shape index (κ3) is 5.94. The van der Waals surface area contributed by atoms with Gasteiger partial charge < -0.3 is 4.90 Å². The second-order valence-electron chi connectivity index (χ2n) is 3.02. The van der Waals surface area contributed by atoms with Crippen molar-refractivity contribution < 1.29 is 0 Å². The zero-order valence-corrected chi connectivity index (χ0v) is 11.2. The lowest BCUT2D eigenvalue weighted by Gasteiger charge is -2.22. The fraction of sp³-hybridized carbons (Fsp3) is 0.889. The van der Waals surface area contributed by atoms with Crippen LogP contribution in [0.1, 0.15) is 27.2 Å². The van der Waals surface area contributed by atoms with E-state index in [1.165, 1.54) is 16.8 Å². The first kappa shape index (κ1) is 14.6. The molecule has 0 saturated carbocycles. The molecule has 0 amide bonds. The van der Waals surface area contributed by atoms with Crippen LogP contribution in [0.4, 0.5) is 0 Å². The van der Waals surface area contributed by atoms with Gasteiger partial charge in [0.2, 0.25) is 0 Å². The van der Waals surface area contributed by atoms with Gasteiger partial charge in [0, 0.05) is 19.6 Å². The van der Waals surface area contributed by atoms with Gasteiger partial charge in [-0.2, -0.15) is 0 Å². The van der Waals surface area contributed by atoms with Crippen molar-refractivity contribution >= 4 is 28.3 Å². The maximum absolute atomic E-state index is 10.4. The Bertz CT molecular complexity index is 198. The fourth-order valence-electron chi connectivity index (χ4n) is 1.09. The second kappa shape index (κ2) is 8.91. The Balaban J connectivity index is 3.91. The SMILES string of the molecule is CCCN(CSC(=S)N(CC)CC)N=O. The smallest absolute Gasteiger partial charge is 0.138 e. The van der Waals surface area contributed by atoms with Gasteiger partial charge in [-0.25, -0.2) is 0 Å². The van der Waals surface area contributed by atoms with Gasteiger partial charge in [-0.1, -0.05) is 30.9 Å². The summed E-state index contributed by atoms with van der Waals surface area (Å²) >= 11 is 6.74. The summed E-state index contributed by atoms with van der Waals surface area (Å²) < 4.78 is 0.838. The number of thioether (sulfide) groups is 1. The number of thiocarbonyl (C=S) groups is 1. The molecule has 0 aliphatic heterocycles. The molecule has 0 radical (unpaired) electrons. The van der Waals surface area contributed by atoms with Crippen LogP contribution in [-0.2, 0) is 0 Å². The molecule has 88 valence electrons. The highest BCUT2D eigenvalue weighted by molar-refractivity contribution is 8.22. The van der Waals surface area contributed by atoms with Crippen LogP contribution in [0.15, 0.2) is 5.29 Å². The average Bonchev–Trinajstić information content (AvgIpc) is 2.25. The Morgan fingerprint density at radius 2 is 1.93 bits per heavy atom. The van der Waals surface area contributed by atoms with E-state index in [0.29, 0.717) is 12.4 Å². The highest BCUT2D eigenvalue weighted by Gasteiger charge is 2.08. The lowest BCUT2D eigenvalue weighted by molar-refractivity contribution is 0.336. The molecule has 0 fully saturated rings. The van der Waals surface area contributed by atoms with Gasteiger partial charge in [-0.3, -0.25) is 5.01 Å². The van der Waals surface area contributed by atoms with Crippen LogP contribution in [-0.4, -0.2) is 39.7 Å². The van der Waals surface area contributed by atoms with Crippen LogP contribution >= 0.6 is 24.0 Å².